The molecular formula is C11H17N3. The van der Waals surface area contributed by atoms with E-state index in [-0.39, 0.29) is 0 Å². The topological polar surface area (TPSA) is 28.2 Å². The summed E-state index contributed by atoms with van der Waals surface area (Å²) < 4.78 is 0. The van der Waals surface area contributed by atoms with Crippen LogP contribution in [-0.4, -0.2) is 30.7 Å². The molecule has 0 bridgehead atoms. The van der Waals surface area contributed by atoms with Crippen molar-refractivity contribution < 1.29 is 0 Å². The van der Waals surface area contributed by atoms with Gasteiger partial charge in [-0.15, -0.1) is 0 Å². The highest BCUT2D eigenvalue weighted by Gasteiger charge is 2.17. The van der Waals surface area contributed by atoms with Gasteiger partial charge in [-0.2, -0.15) is 0 Å². The van der Waals surface area contributed by atoms with Crippen LogP contribution in [0, 0.1) is 6.92 Å². The molecule has 0 aliphatic carbocycles. The SMILES string of the molecule is Cc1cc(N2CCNCC2C)ccn1. The number of hydrogen-bond donors (Lipinski definition) is 1. The molecule has 1 aromatic rings. The van der Waals surface area contributed by atoms with E-state index in [1.807, 2.05) is 13.1 Å². The highest BCUT2D eigenvalue weighted by molar-refractivity contribution is 5.47. The Labute approximate surface area is 85.1 Å². The van der Waals surface area contributed by atoms with Crippen molar-refractivity contribution in [3.05, 3.63) is 24.0 Å². The number of rotatable bonds is 1. The van der Waals surface area contributed by atoms with Gasteiger partial charge in [0.2, 0.25) is 0 Å². The molecule has 0 saturated carbocycles. The number of aryl methyl sites for hydroxylation is 1. The molecule has 2 heterocycles. The third kappa shape index (κ3) is 1.87. The van der Waals surface area contributed by atoms with Gasteiger partial charge in [-0.1, -0.05) is 0 Å². The Kier molecular flexibility index (Phi) is 2.68. The van der Waals surface area contributed by atoms with E-state index >= 15 is 0 Å². The average molecular weight is 191 g/mol. The lowest BCUT2D eigenvalue weighted by molar-refractivity contribution is 0.500. The van der Waals surface area contributed by atoms with Crippen LogP contribution >= 0.6 is 0 Å². The van der Waals surface area contributed by atoms with Crippen LogP contribution in [0.25, 0.3) is 0 Å². The van der Waals surface area contributed by atoms with Crippen molar-refractivity contribution in [2.24, 2.45) is 0 Å². The Morgan fingerprint density at radius 3 is 3.14 bits per heavy atom. The summed E-state index contributed by atoms with van der Waals surface area (Å²) in [5.74, 6) is 0. The Bertz CT molecular complexity index is 311. The lowest BCUT2D eigenvalue weighted by atomic mass is 10.2. The van der Waals surface area contributed by atoms with E-state index in [9.17, 15) is 0 Å². The molecule has 1 aliphatic heterocycles. The second-order valence-corrected chi connectivity index (χ2v) is 3.90. The molecule has 1 aromatic heterocycles. The van der Waals surface area contributed by atoms with Crippen LogP contribution in [0.3, 0.4) is 0 Å². The van der Waals surface area contributed by atoms with E-state index in [2.05, 4.69) is 34.3 Å². The summed E-state index contributed by atoms with van der Waals surface area (Å²) in [7, 11) is 0. The fourth-order valence-corrected chi connectivity index (χ4v) is 1.93. The fourth-order valence-electron chi connectivity index (χ4n) is 1.93. The molecule has 1 unspecified atom stereocenters. The summed E-state index contributed by atoms with van der Waals surface area (Å²) in [5, 5.41) is 3.39. The zero-order valence-electron chi connectivity index (χ0n) is 8.83. The summed E-state index contributed by atoms with van der Waals surface area (Å²) in [5.41, 5.74) is 2.39. The summed E-state index contributed by atoms with van der Waals surface area (Å²) in [6.45, 7) is 7.52. The number of nitrogens with zero attached hydrogens (tertiary/aromatic N) is 2. The largest absolute Gasteiger partial charge is 0.366 e. The van der Waals surface area contributed by atoms with Gasteiger partial charge < -0.3 is 10.2 Å². The average Bonchev–Trinajstić information content (AvgIpc) is 2.18. The van der Waals surface area contributed by atoms with Gasteiger partial charge in [0, 0.05) is 43.3 Å². The number of nitrogens with one attached hydrogen (secondary N) is 1. The van der Waals surface area contributed by atoms with Crippen molar-refractivity contribution in [1.29, 1.82) is 0 Å². The van der Waals surface area contributed by atoms with Crippen molar-refractivity contribution in [2.75, 3.05) is 24.5 Å². The van der Waals surface area contributed by atoms with E-state index in [4.69, 9.17) is 0 Å². The molecule has 1 aliphatic rings. The van der Waals surface area contributed by atoms with Crippen molar-refractivity contribution in [3.63, 3.8) is 0 Å². The van der Waals surface area contributed by atoms with Gasteiger partial charge in [0.1, 0.15) is 0 Å². The van der Waals surface area contributed by atoms with E-state index < -0.39 is 0 Å². The molecule has 1 N–H and O–H groups in total. The molecule has 0 spiro atoms. The molecule has 1 saturated heterocycles. The standard InChI is InChI=1S/C11H17N3/c1-9-7-11(3-4-13-9)14-6-5-12-8-10(14)2/h3-4,7,10,12H,5-6,8H2,1-2H3. The first-order valence-corrected chi connectivity index (χ1v) is 5.17. The van der Waals surface area contributed by atoms with Crippen molar-refractivity contribution in [2.45, 2.75) is 19.9 Å². The Hall–Kier alpha value is -1.09. The van der Waals surface area contributed by atoms with Gasteiger partial charge in [0.15, 0.2) is 0 Å². The van der Waals surface area contributed by atoms with Crippen molar-refractivity contribution in [3.8, 4) is 0 Å². The van der Waals surface area contributed by atoms with Gasteiger partial charge in [-0.25, -0.2) is 0 Å². The van der Waals surface area contributed by atoms with E-state index in [1.165, 1.54) is 5.69 Å². The second-order valence-electron chi connectivity index (χ2n) is 3.90. The molecule has 76 valence electrons. The highest BCUT2D eigenvalue weighted by atomic mass is 15.2. The fraction of sp³-hybridized carbons (Fsp3) is 0.545. The Morgan fingerprint density at radius 1 is 1.57 bits per heavy atom. The highest BCUT2D eigenvalue weighted by Crippen LogP contribution is 2.17. The van der Waals surface area contributed by atoms with Crippen LogP contribution in [0.1, 0.15) is 12.6 Å². The molecule has 0 radical (unpaired) electrons. The van der Waals surface area contributed by atoms with Gasteiger partial charge >= 0.3 is 0 Å². The van der Waals surface area contributed by atoms with Crippen LogP contribution in [0.15, 0.2) is 18.3 Å². The smallest absolute Gasteiger partial charge is 0.0403 e. The van der Waals surface area contributed by atoms with Gasteiger partial charge in [0.05, 0.1) is 0 Å². The third-order valence-electron chi connectivity index (χ3n) is 2.71. The Morgan fingerprint density at radius 2 is 2.43 bits per heavy atom. The lowest BCUT2D eigenvalue weighted by Gasteiger charge is -2.35. The van der Waals surface area contributed by atoms with Crippen LogP contribution in [-0.2, 0) is 0 Å². The molecule has 14 heavy (non-hydrogen) atoms. The lowest BCUT2D eigenvalue weighted by Crippen LogP contribution is -2.49. The minimum atomic E-state index is 0.575. The number of aromatic nitrogens is 1. The number of anilines is 1. The predicted molar refractivity (Wildman–Crippen MR) is 58.7 cm³/mol. The van der Waals surface area contributed by atoms with E-state index in [0.717, 1.165) is 25.3 Å². The minimum Gasteiger partial charge on any atom is -0.366 e. The third-order valence-corrected chi connectivity index (χ3v) is 2.71. The second kappa shape index (κ2) is 3.96. The minimum absolute atomic E-state index is 0.575. The van der Waals surface area contributed by atoms with E-state index in [0.29, 0.717) is 6.04 Å². The zero-order chi connectivity index (χ0) is 9.97. The molecule has 0 amide bonds. The number of piperazine rings is 1. The van der Waals surface area contributed by atoms with Crippen molar-refractivity contribution in [1.82, 2.24) is 10.3 Å². The maximum Gasteiger partial charge on any atom is 0.0403 e. The molecule has 1 atom stereocenters. The molecular weight excluding hydrogens is 174 g/mol. The van der Waals surface area contributed by atoms with Crippen LogP contribution in [0.2, 0.25) is 0 Å². The normalized spacial score (nSPS) is 22.4. The summed E-state index contributed by atoms with van der Waals surface area (Å²) in [6.07, 6.45) is 1.89. The maximum absolute atomic E-state index is 4.22. The Balaban J connectivity index is 2.20. The van der Waals surface area contributed by atoms with E-state index in [1.54, 1.807) is 0 Å². The zero-order valence-corrected chi connectivity index (χ0v) is 8.83. The van der Waals surface area contributed by atoms with Crippen molar-refractivity contribution >= 4 is 5.69 Å². The molecule has 3 heteroatoms. The maximum atomic E-state index is 4.22. The van der Waals surface area contributed by atoms with Crippen LogP contribution < -0.4 is 10.2 Å². The molecule has 2 rings (SSSR count). The first kappa shape index (κ1) is 9.46. The predicted octanol–water partition coefficient (Wildman–Crippen LogP) is 1.19. The van der Waals surface area contributed by atoms with Gasteiger partial charge in [-0.3, -0.25) is 4.98 Å². The van der Waals surface area contributed by atoms with Gasteiger partial charge in [0.25, 0.3) is 0 Å². The monoisotopic (exact) mass is 191 g/mol. The summed E-state index contributed by atoms with van der Waals surface area (Å²) >= 11 is 0. The number of hydrogen-bond acceptors (Lipinski definition) is 3. The summed E-state index contributed by atoms with van der Waals surface area (Å²) in [4.78, 5) is 6.65. The molecule has 1 fully saturated rings. The van der Waals surface area contributed by atoms with Gasteiger partial charge in [-0.05, 0) is 26.0 Å². The van der Waals surface area contributed by atoms with Crippen LogP contribution in [0.5, 0.6) is 0 Å². The first-order chi connectivity index (χ1) is 6.77. The molecule has 3 nitrogen and oxygen atoms in total. The first-order valence-electron chi connectivity index (χ1n) is 5.17. The quantitative estimate of drug-likeness (QED) is 0.722. The summed E-state index contributed by atoms with van der Waals surface area (Å²) in [6, 6.07) is 4.82. The van der Waals surface area contributed by atoms with Crippen LogP contribution in [0.4, 0.5) is 5.69 Å². The number of pyridine rings is 1. The molecule has 0 aromatic carbocycles.